The summed E-state index contributed by atoms with van der Waals surface area (Å²) < 4.78 is 26.6. The van der Waals surface area contributed by atoms with Crippen molar-refractivity contribution >= 4 is 27.2 Å². The fourth-order valence-electron chi connectivity index (χ4n) is 2.21. The van der Waals surface area contributed by atoms with Crippen LogP contribution in [-0.4, -0.2) is 30.8 Å². The number of hydrogen-bond acceptors (Lipinski definition) is 3. The Morgan fingerprint density at radius 3 is 2.19 bits per heavy atom. The Kier molecular flexibility index (Phi) is 6.31. The Morgan fingerprint density at radius 2 is 1.76 bits per heavy atom. The van der Waals surface area contributed by atoms with E-state index in [9.17, 15) is 8.42 Å². The number of nitrogens with zero attached hydrogens (tertiary/aromatic N) is 1. The summed E-state index contributed by atoms with van der Waals surface area (Å²) in [7, 11) is -1.83. The topological polar surface area (TPSA) is 63.4 Å². The molecule has 0 heterocycles. The molecule has 1 atom stereocenters. The smallest absolute Gasteiger partial charge is 0.243 e. The zero-order valence-corrected chi connectivity index (χ0v) is 14.7. The average Bonchev–Trinajstić information content (AvgIpc) is 2.36. The summed E-state index contributed by atoms with van der Waals surface area (Å²) in [5, 5.41) is 0. The van der Waals surface area contributed by atoms with Crippen molar-refractivity contribution in [1.29, 1.82) is 0 Å². The van der Waals surface area contributed by atoms with Crippen LogP contribution in [0.5, 0.6) is 0 Å². The number of sulfonamides is 1. The van der Waals surface area contributed by atoms with E-state index < -0.39 is 10.0 Å². The van der Waals surface area contributed by atoms with E-state index in [4.69, 9.17) is 18.0 Å². The van der Waals surface area contributed by atoms with Gasteiger partial charge in [0.2, 0.25) is 10.0 Å². The molecule has 6 heteroatoms. The van der Waals surface area contributed by atoms with E-state index in [1.165, 1.54) is 4.31 Å². The van der Waals surface area contributed by atoms with Crippen LogP contribution in [0, 0.1) is 5.92 Å². The molecule has 1 aromatic carbocycles. The summed E-state index contributed by atoms with van der Waals surface area (Å²) in [6.45, 7) is 6.10. The molecule has 0 aliphatic heterocycles. The SMILES string of the molecule is CC(C)CC(C)N(C)S(=O)(=O)c1ccc(CC(N)=S)cc1. The molecule has 1 rings (SSSR count). The van der Waals surface area contributed by atoms with Crippen LogP contribution < -0.4 is 5.73 Å². The summed E-state index contributed by atoms with van der Waals surface area (Å²) >= 11 is 4.85. The quantitative estimate of drug-likeness (QED) is 0.781. The molecular weight excluding hydrogens is 304 g/mol. The van der Waals surface area contributed by atoms with Crippen molar-refractivity contribution in [3.05, 3.63) is 29.8 Å². The number of nitrogens with two attached hydrogens (primary N) is 1. The first kappa shape index (κ1) is 18.1. The van der Waals surface area contributed by atoms with E-state index in [1.54, 1.807) is 31.3 Å². The molecule has 2 N–H and O–H groups in total. The van der Waals surface area contributed by atoms with Crippen molar-refractivity contribution in [1.82, 2.24) is 4.31 Å². The fraction of sp³-hybridized carbons (Fsp3) is 0.533. The van der Waals surface area contributed by atoms with E-state index in [2.05, 4.69) is 13.8 Å². The maximum Gasteiger partial charge on any atom is 0.243 e. The van der Waals surface area contributed by atoms with Crippen molar-refractivity contribution in [2.24, 2.45) is 11.7 Å². The molecule has 0 saturated heterocycles. The van der Waals surface area contributed by atoms with Crippen LogP contribution in [0.15, 0.2) is 29.2 Å². The van der Waals surface area contributed by atoms with Gasteiger partial charge < -0.3 is 5.73 Å². The van der Waals surface area contributed by atoms with E-state index >= 15 is 0 Å². The first-order valence-corrected chi connectivity index (χ1v) is 8.84. The van der Waals surface area contributed by atoms with Gasteiger partial charge in [0.1, 0.15) is 0 Å². The molecule has 118 valence electrons. The Bertz CT molecular complexity index is 580. The zero-order valence-electron chi connectivity index (χ0n) is 13.0. The van der Waals surface area contributed by atoms with E-state index in [1.807, 2.05) is 6.92 Å². The standard InChI is InChI=1S/C15H24N2O2S2/c1-11(2)9-12(3)17(4)21(18,19)14-7-5-13(6-8-14)10-15(16)20/h5-8,11-12H,9-10H2,1-4H3,(H2,16,20). The highest BCUT2D eigenvalue weighted by Gasteiger charge is 2.25. The molecule has 0 aliphatic carbocycles. The highest BCUT2D eigenvalue weighted by atomic mass is 32.2. The first-order valence-electron chi connectivity index (χ1n) is 7.00. The van der Waals surface area contributed by atoms with Crippen molar-refractivity contribution in [2.45, 2.75) is 44.6 Å². The third kappa shape index (κ3) is 5.05. The summed E-state index contributed by atoms with van der Waals surface area (Å²) in [4.78, 5) is 0.695. The van der Waals surface area contributed by atoms with E-state index in [-0.39, 0.29) is 6.04 Å². The fourth-order valence-corrected chi connectivity index (χ4v) is 3.75. The Hall–Kier alpha value is -0.980. The normalized spacial score (nSPS) is 13.6. The second-order valence-electron chi connectivity index (χ2n) is 5.79. The lowest BCUT2D eigenvalue weighted by atomic mass is 10.1. The Balaban J connectivity index is 2.94. The highest BCUT2D eigenvalue weighted by Crippen LogP contribution is 2.20. The summed E-state index contributed by atoms with van der Waals surface area (Å²) in [5.74, 6) is 0.450. The summed E-state index contributed by atoms with van der Waals surface area (Å²) in [5.41, 5.74) is 6.40. The zero-order chi connectivity index (χ0) is 16.2. The Labute approximate surface area is 133 Å². The van der Waals surface area contributed by atoms with Gasteiger partial charge in [0.05, 0.1) is 9.88 Å². The molecule has 0 fully saturated rings. The van der Waals surface area contributed by atoms with E-state index in [0.717, 1.165) is 12.0 Å². The molecule has 1 unspecified atom stereocenters. The average molecular weight is 329 g/mol. The second-order valence-corrected chi connectivity index (χ2v) is 8.31. The van der Waals surface area contributed by atoms with Crippen molar-refractivity contribution < 1.29 is 8.42 Å². The molecule has 0 aromatic heterocycles. The van der Waals surface area contributed by atoms with Gasteiger partial charge in [-0.15, -0.1) is 0 Å². The number of rotatable bonds is 7. The third-order valence-electron chi connectivity index (χ3n) is 3.41. The summed E-state index contributed by atoms with van der Waals surface area (Å²) in [6, 6.07) is 6.70. The van der Waals surface area contributed by atoms with Gasteiger partial charge in [0, 0.05) is 19.5 Å². The number of hydrogen-bond donors (Lipinski definition) is 1. The Morgan fingerprint density at radius 1 is 1.24 bits per heavy atom. The maximum atomic E-state index is 12.6. The summed E-state index contributed by atoms with van der Waals surface area (Å²) in [6.07, 6.45) is 1.31. The number of benzene rings is 1. The molecule has 0 bridgehead atoms. The molecule has 0 amide bonds. The highest BCUT2D eigenvalue weighted by molar-refractivity contribution is 7.89. The van der Waals surface area contributed by atoms with Gasteiger partial charge in [-0.1, -0.05) is 38.2 Å². The largest absolute Gasteiger partial charge is 0.393 e. The lowest BCUT2D eigenvalue weighted by Crippen LogP contribution is -2.35. The molecular formula is C15H24N2O2S2. The van der Waals surface area contributed by atoms with Gasteiger partial charge >= 0.3 is 0 Å². The van der Waals surface area contributed by atoms with Crippen LogP contribution in [0.4, 0.5) is 0 Å². The molecule has 21 heavy (non-hydrogen) atoms. The molecule has 0 radical (unpaired) electrons. The van der Waals surface area contributed by atoms with Crippen LogP contribution in [0.2, 0.25) is 0 Å². The van der Waals surface area contributed by atoms with Gasteiger partial charge in [0.25, 0.3) is 0 Å². The molecule has 4 nitrogen and oxygen atoms in total. The van der Waals surface area contributed by atoms with Gasteiger partial charge in [-0.25, -0.2) is 8.42 Å². The monoisotopic (exact) mass is 328 g/mol. The van der Waals surface area contributed by atoms with Crippen molar-refractivity contribution in [2.75, 3.05) is 7.05 Å². The molecule has 0 saturated carbocycles. The minimum atomic E-state index is -3.46. The minimum absolute atomic E-state index is 0.0358. The third-order valence-corrected chi connectivity index (χ3v) is 5.54. The minimum Gasteiger partial charge on any atom is -0.393 e. The van der Waals surface area contributed by atoms with Gasteiger partial charge in [0.15, 0.2) is 0 Å². The van der Waals surface area contributed by atoms with Crippen LogP contribution >= 0.6 is 12.2 Å². The van der Waals surface area contributed by atoms with Crippen molar-refractivity contribution in [3.63, 3.8) is 0 Å². The number of thiocarbonyl (C=S) groups is 1. The molecule has 0 aliphatic rings. The van der Waals surface area contributed by atoms with Crippen LogP contribution in [-0.2, 0) is 16.4 Å². The van der Waals surface area contributed by atoms with Gasteiger partial charge in [-0.3, -0.25) is 0 Å². The van der Waals surface area contributed by atoms with Gasteiger partial charge in [-0.2, -0.15) is 4.31 Å². The molecule has 1 aromatic rings. The lowest BCUT2D eigenvalue weighted by Gasteiger charge is -2.25. The first-order chi connectivity index (χ1) is 9.64. The maximum absolute atomic E-state index is 12.6. The molecule has 0 spiro atoms. The van der Waals surface area contributed by atoms with Crippen LogP contribution in [0.3, 0.4) is 0 Å². The predicted molar refractivity (Wildman–Crippen MR) is 90.8 cm³/mol. The predicted octanol–water partition coefficient (Wildman–Crippen LogP) is 2.57. The van der Waals surface area contributed by atoms with Gasteiger partial charge in [-0.05, 0) is 37.0 Å². The van der Waals surface area contributed by atoms with Crippen molar-refractivity contribution in [3.8, 4) is 0 Å². The van der Waals surface area contributed by atoms with Crippen LogP contribution in [0.25, 0.3) is 0 Å². The van der Waals surface area contributed by atoms with E-state index in [0.29, 0.717) is 22.2 Å². The second kappa shape index (κ2) is 7.33. The lowest BCUT2D eigenvalue weighted by molar-refractivity contribution is 0.338. The van der Waals surface area contributed by atoms with Crippen LogP contribution in [0.1, 0.15) is 32.8 Å².